The number of halogens is 9. The van der Waals surface area contributed by atoms with E-state index >= 15 is 0 Å². The fourth-order valence-electron chi connectivity index (χ4n) is 2.25. The Balaban J connectivity index is 6.65. The fraction of sp³-hybridized carbons (Fsp3) is 1.00. The predicted octanol–water partition coefficient (Wildman–Crippen LogP) is 6.55. The summed E-state index contributed by atoms with van der Waals surface area (Å²) in [6.07, 6.45) is -11.3. The van der Waals surface area contributed by atoms with Crippen LogP contribution in [0.2, 0.25) is 0 Å². The van der Waals surface area contributed by atoms with E-state index in [1.165, 1.54) is 0 Å². The largest absolute Gasteiger partial charge is 0.429 e. The summed E-state index contributed by atoms with van der Waals surface area (Å²) in [5.74, 6) is -5.35. The van der Waals surface area contributed by atoms with E-state index in [9.17, 15) is 39.5 Å². The minimum atomic E-state index is -6.06. The van der Waals surface area contributed by atoms with Crippen molar-refractivity contribution in [1.29, 1.82) is 0 Å². The van der Waals surface area contributed by atoms with Gasteiger partial charge in [-0.3, -0.25) is 0 Å². The van der Waals surface area contributed by atoms with Crippen molar-refractivity contribution in [1.82, 2.24) is 0 Å². The molecule has 9 heteroatoms. The van der Waals surface area contributed by atoms with Crippen molar-refractivity contribution in [3.63, 3.8) is 0 Å². The molecule has 0 aromatic heterocycles. The van der Waals surface area contributed by atoms with Gasteiger partial charge in [0, 0.05) is 10.8 Å². The lowest BCUT2D eigenvalue weighted by molar-refractivity contribution is -0.384. The fourth-order valence-corrected chi connectivity index (χ4v) is 2.25. The van der Waals surface area contributed by atoms with Gasteiger partial charge < -0.3 is 0 Å². The topological polar surface area (TPSA) is 0 Å². The van der Waals surface area contributed by atoms with Crippen LogP contribution >= 0.6 is 0 Å². The zero-order chi connectivity index (χ0) is 19.5. The van der Waals surface area contributed by atoms with Crippen LogP contribution in [0.1, 0.15) is 48.5 Å². The van der Waals surface area contributed by atoms with E-state index in [1.54, 1.807) is 0 Å². The first-order valence-electron chi connectivity index (χ1n) is 6.70. The summed E-state index contributed by atoms with van der Waals surface area (Å²) in [6, 6.07) is 0. The van der Waals surface area contributed by atoms with Crippen molar-refractivity contribution in [2.75, 3.05) is 0 Å². The molecule has 0 aliphatic heterocycles. The van der Waals surface area contributed by atoms with Gasteiger partial charge in [-0.2, -0.15) is 26.3 Å². The Morgan fingerprint density at radius 3 is 0.913 bits per heavy atom. The Labute approximate surface area is 129 Å². The third-order valence-corrected chi connectivity index (χ3v) is 4.91. The third kappa shape index (κ3) is 2.81. The smallest absolute Gasteiger partial charge is 0.226 e. The van der Waals surface area contributed by atoms with E-state index in [-0.39, 0.29) is 0 Å². The van der Waals surface area contributed by atoms with Gasteiger partial charge in [-0.15, -0.1) is 0 Å². The van der Waals surface area contributed by atoms with Gasteiger partial charge in [0.25, 0.3) is 11.6 Å². The van der Waals surface area contributed by atoms with E-state index in [2.05, 4.69) is 0 Å². The van der Waals surface area contributed by atoms with E-state index in [1.807, 2.05) is 0 Å². The molecule has 0 heterocycles. The maximum atomic E-state index is 14.8. The molecular weight excluding hydrogens is 339 g/mol. The summed E-state index contributed by atoms with van der Waals surface area (Å²) in [7, 11) is 0. The van der Waals surface area contributed by atoms with Gasteiger partial charge in [0.15, 0.2) is 0 Å². The average Bonchev–Trinajstić information content (AvgIpc) is 2.22. The van der Waals surface area contributed by atoms with Crippen molar-refractivity contribution >= 4 is 0 Å². The highest BCUT2D eigenvalue weighted by Gasteiger charge is 2.82. The van der Waals surface area contributed by atoms with Crippen LogP contribution in [0.15, 0.2) is 0 Å². The molecule has 0 amide bonds. The molecule has 0 fully saturated rings. The quantitative estimate of drug-likeness (QED) is 0.501. The zero-order valence-electron chi connectivity index (χ0n) is 13.9. The van der Waals surface area contributed by atoms with E-state index in [0.29, 0.717) is 48.5 Å². The monoisotopic (exact) mass is 360 g/mol. The summed E-state index contributed by atoms with van der Waals surface area (Å²) in [5.41, 5.74) is -14.5. The van der Waals surface area contributed by atoms with Gasteiger partial charge in [-0.05, 0) is 0 Å². The Morgan fingerprint density at radius 2 is 0.739 bits per heavy atom. The first-order chi connectivity index (χ1) is 9.50. The highest BCUT2D eigenvalue weighted by Crippen LogP contribution is 2.66. The molecule has 0 aliphatic carbocycles. The van der Waals surface area contributed by atoms with Crippen molar-refractivity contribution in [3.05, 3.63) is 0 Å². The zero-order valence-corrected chi connectivity index (χ0v) is 13.9. The Kier molecular flexibility index (Phi) is 5.04. The first kappa shape index (κ1) is 22.4. The van der Waals surface area contributed by atoms with Crippen LogP contribution in [-0.4, -0.2) is 23.9 Å². The molecule has 0 rings (SSSR count). The van der Waals surface area contributed by atoms with Crippen LogP contribution in [0.4, 0.5) is 39.5 Å². The van der Waals surface area contributed by atoms with Crippen LogP contribution in [0, 0.1) is 16.2 Å². The number of rotatable bonds is 3. The molecule has 1 atom stereocenters. The lowest BCUT2D eigenvalue weighted by atomic mass is 9.56. The summed E-state index contributed by atoms with van der Waals surface area (Å²) in [6.45, 7) is 2.99. The second kappa shape index (κ2) is 5.18. The average molecular weight is 360 g/mol. The van der Waals surface area contributed by atoms with E-state index < -0.39 is 40.2 Å². The van der Waals surface area contributed by atoms with Gasteiger partial charge in [-0.25, -0.2) is 13.2 Å². The predicted molar refractivity (Wildman–Crippen MR) is 67.9 cm³/mol. The molecule has 0 N–H and O–H groups in total. The Hall–Kier alpha value is -0.630. The molecule has 1 unspecified atom stereocenters. The Bertz CT molecular complexity index is 419. The third-order valence-electron chi connectivity index (χ3n) is 4.91. The molecule has 0 bridgehead atoms. The van der Waals surface area contributed by atoms with Crippen LogP contribution < -0.4 is 0 Å². The second-order valence-corrected chi connectivity index (χ2v) is 7.73. The Morgan fingerprint density at radius 1 is 0.435 bits per heavy atom. The minimum absolute atomic E-state index is 0.298. The molecule has 0 spiro atoms. The molecule has 0 saturated carbocycles. The highest BCUT2D eigenvalue weighted by atomic mass is 19.4. The maximum absolute atomic E-state index is 14.8. The van der Waals surface area contributed by atoms with Gasteiger partial charge in [0.05, 0.1) is 5.41 Å². The normalized spacial score (nSPS) is 18.8. The van der Waals surface area contributed by atoms with Gasteiger partial charge >= 0.3 is 12.4 Å². The minimum Gasteiger partial charge on any atom is -0.226 e. The lowest BCUT2D eigenvalue weighted by Gasteiger charge is -2.54. The maximum Gasteiger partial charge on any atom is 0.429 e. The first-order valence-corrected chi connectivity index (χ1v) is 6.70. The van der Waals surface area contributed by atoms with Crippen molar-refractivity contribution in [3.8, 4) is 0 Å². The van der Waals surface area contributed by atoms with Gasteiger partial charge in [-0.1, -0.05) is 48.5 Å². The van der Waals surface area contributed by atoms with Crippen LogP contribution in [0.25, 0.3) is 0 Å². The highest BCUT2D eigenvalue weighted by molar-refractivity contribution is 5.15. The summed E-state index contributed by atoms with van der Waals surface area (Å²) < 4.78 is 123. The van der Waals surface area contributed by atoms with Crippen molar-refractivity contribution in [2.24, 2.45) is 16.2 Å². The number of alkyl halides is 9. The van der Waals surface area contributed by atoms with E-state index in [4.69, 9.17) is 0 Å². The molecule has 0 aromatic rings. The van der Waals surface area contributed by atoms with Crippen molar-refractivity contribution < 1.29 is 39.5 Å². The standard InChI is InChI=1S/C14H21F9/c1-8(2,3)11(15,14(21,22)23)12(16,17)9(4,5)10(6,7)13(18,19)20/h1-7H3. The van der Waals surface area contributed by atoms with Crippen molar-refractivity contribution in [2.45, 2.75) is 72.4 Å². The summed E-state index contributed by atoms with van der Waals surface area (Å²) in [5, 5.41) is 0. The van der Waals surface area contributed by atoms with E-state index in [0.717, 1.165) is 0 Å². The molecular formula is C14H21F9. The molecule has 140 valence electrons. The molecule has 0 radical (unpaired) electrons. The summed E-state index contributed by atoms with van der Waals surface area (Å²) >= 11 is 0. The van der Waals surface area contributed by atoms with Gasteiger partial charge in [0.1, 0.15) is 0 Å². The number of hydrogen-bond acceptors (Lipinski definition) is 0. The lowest BCUT2D eigenvalue weighted by Crippen LogP contribution is -2.71. The van der Waals surface area contributed by atoms with Crippen LogP contribution in [0.3, 0.4) is 0 Å². The molecule has 0 nitrogen and oxygen atoms in total. The van der Waals surface area contributed by atoms with Gasteiger partial charge in [0.2, 0.25) is 0 Å². The van der Waals surface area contributed by atoms with Crippen LogP contribution in [-0.2, 0) is 0 Å². The molecule has 0 aliphatic rings. The molecule has 0 aromatic carbocycles. The molecule has 23 heavy (non-hydrogen) atoms. The SMILES string of the molecule is CC(C)(C)C(F)(C(F)(F)F)C(F)(F)C(C)(C)C(C)(C)C(F)(F)F. The number of hydrogen-bond donors (Lipinski definition) is 0. The van der Waals surface area contributed by atoms with Crippen LogP contribution in [0.5, 0.6) is 0 Å². The summed E-state index contributed by atoms with van der Waals surface area (Å²) in [4.78, 5) is 0. The second-order valence-electron chi connectivity index (χ2n) is 7.73. The molecule has 0 saturated heterocycles.